The van der Waals surface area contributed by atoms with Gasteiger partial charge in [-0.3, -0.25) is 0 Å². The lowest BCUT2D eigenvalue weighted by Gasteiger charge is -2.10. The quantitative estimate of drug-likeness (QED) is 0.855. The highest BCUT2D eigenvalue weighted by Gasteiger charge is 2.27. The van der Waals surface area contributed by atoms with Crippen LogP contribution in [0.3, 0.4) is 0 Å². The molecule has 0 amide bonds. The zero-order valence-corrected chi connectivity index (χ0v) is 11.9. The average molecular weight is 309 g/mol. The van der Waals surface area contributed by atoms with Gasteiger partial charge in [-0.15, -0.1) is 11.3 Å². The molecule has 4 heteroatoms. The summed E-state index contributed by atoms with van der Waals surface area (Å²) in [5.74, 6) is 1.81. The van der Waals surface area contributed by atoms with E-state index < -0.39 is 0 Å². The van der Waals surface area contributed by atoms with Gasteiger partial charge in [0.2, 0.25) is 0 Å². The van der Waals surface area contributed by atoms with Crippen LogP contribution in [-0.4, -0.2) is 6.54 Å². The summed E-state index contributed by atoms with van der Waals surface area (Å²) in [5, 5.41) is 3.49. The molecule has 1 unspecified atom stereocenters. The molecule has 0 bridgehead atoms. The lowest BCUT2D eigenvalue weighted by molar-refractivity contribution is 0.463. The first-order chi connectivity index (χ1) is 7.16. The largest absolute Gasteiger partial charge is 0.312 e. The van der Waals surface area contributed by atoms with Crippen LogP contribution in [0.5, 0.6) is 0 Å². The van der Waals surface area contributed by atoms with Gasteiger partial charge >= 0.3 is 0 Å². The van der Waals surface area contributed by atoms with Crippen LogP contribution < -0.4 is 5.32 Å². The molecule has 1 aromatic heterocycles. The third kappa shape index (κ3) is 3.45. The second kappa shape index (κ2) is 5.17. The minimum Gasteiger partial charge on any atom is -0.312 e. The minimum absolute atomic E-state index is 0.823. The Morgan fingerprint density at radius 2 is 2.40 bits per heavy atom. The molecule has 84 valence electrons. The lowest BCUT2D eigenvalue weighted by atomic mass is 10.1. The van der Waals surface area contributed by atoms with Crippen LogP contribution >= 0.6 is 38.9 Å². The van der Waals surface area contributed by atoms with Crippen molar-refractivity contribution in [1.29, 1.82) is 0 Å². The van der Waals surface area contributed by atoms with Crippen molar-refractivity contribution in [2.75, 3.05) is 6.54 Å². The van der Waals surface area contributed by atoms with Gasteiger partial charge in [-0.05, 0) is 53.2 Å². The van der Waals surface area contributed by atoms with Crippen LogP contribution in [0.2, 0.25) is 4.34 Å². The number of thiophene rings is 1. The molecule has 0 spiro atoms. The van der Waals surface area contributed by atoms with Gasteiger partial charge in [0.15, 0.2) is 0 Å². The van der Waals surface area contributed by atoms with Gasteiger partial charge in [0.1, 0.15) is 4.34 Å². The van der Waals surface area contributed by atoms with Gasteiger partial charge in [0, 0.05) is 15.9 Å². The second-order valence-corrected chi connectivity index (χ2v) is 6.87. The molecule has 0 saturated heterocycles. The summed E-state index contributed by atoms with van der Waals surface area (Å²) < 4.78 is 1.86. The molecule has 2 rings (SSSR count). The van der Waals surface area contributed by atoms with E-state index in [4.69, 9.17) is 11.6 Å². The van der Waals surface area contributed by atoms with E-state index in [-0.39, 0.29) is 0 Å². The summed E-state index contributed by atoms with van der Waals surface area (Å²) >= 11 is 11.0. The fourth-order valence-corrected chi connectivity index (χ4v) is 3.49. The highest BCUT2D eigenvalue weighted by Crippen LogP contribution is 2.36. The fraction of sp³-hybridized carbons (Fsp3) is 0.636. The van der Waals surface area contributed by atoms with Crippen molar-refractivity contribution >= 4 is 38.9 Å². The van der Waals surface area contributed by atoms with Gasteiger partial charge in [-0.25, -0.2) is 0 Å². The summed E-state index contributed by atoms with van der Waals surface area (Å²) in [5.41, 5.74) is 0. The van der Waals surface area contributed by atoms with E-state index in [1.807, 2.05) is 0 Å². The van der Waals surface area contributed by atoms with Crippen molar-refractivity contribution in [1.82, 2.24) is 5.32 Å². The summed E-state index contributed by atoms with van der Waals surface area (Å²) in [6.07, 6.45) is 2.86. The van der Waals surface area contributed by atoms with Crippen LogP contribution in [0.15, 0.2) is 10.5 Å². The smallest absolute Gasteiger partial charge is 0.107 e. The molecule has 1 aromatic rings. The Bertz CT molecular complexity index is 316. The third-order valence-corrected chi connectivity index (χ3v) is 5.36. The SMILES string of the molecule is CC(CNCc1cc(Br)c(Cl)s1)C1CC1. The molecule has 1 nitrogen and oxygen atoms in total. The molecule has 1 aliphatic carbocycles. The standard InChI is InChI=1S/C11H15BrClNS/c1-7(8-2-3-8)5-14-6-9-4-10(12)11(13)15-9/h4,7-8,14H,2-3,5-6H2,1H3. The first kappa shape index (κ1) is 11.9. The van der Waals surface area contributed by atoms with E-state index in [2.05, 4.69) is 34.2 Å². The van der Waals surface area contributed by atoms with Crippen molar-refractivity contribution in [2.45, 2.75) is 26.3 Å². The predicted molar refractivity (Wildman–Crippen MR) is 70.6 cm³/mol. The molecule has 1 aliphatic rings. The maximum Gasteiger partial charge on any atom is 0.107 e. The molecule has 0 aromatic carbocycles. The third-order valence-electron chi connectivity index (χ3n) is 2.89. The molecule has 1 saturated carbocycles. The van der Waals surface area contributed by atoms with Gasteiger partial charge in [-0.2, -0.15) is 0 Å². The van der Waals surface area contributed by atoms with E-state index in [1.165, 1.54) is 17.7 Å². The minimum atomic E-state index is 0.823. The highest BCUT2D eigenvalue weighted by molar-refractivity contribution is 9.10. The van der Waals surface area contributed by atoms with Gasteiger partial charge in [0.05, 0.1) is 0 Å². The highest BCUT2D eigenvalue weighted by atomic mass is 79.9. The zero-order valence-electron chi connectivity index (χ0n) is 8.72. The van der Waals surface area contributed by atoms with Gasteiger partial charge in [-0.1, -0.05) is 18.5 Å². The van der Waals surface area contributed by atoms with Crippen LogP contribution in [0.4, 0.5) is 0 Å². The Hall–Kier alpha value is 0.430. The molecule has 1 fully saturated rings. The van der Waals surface area contributed by atoms with Crippen molar-refractivity contribution in [2.24, 2.45) is 11.8 Å². The molecular weight excluding hydrogens is 294 g/mol. The van der Waals surface area contributed by atoms with Gasteiger partial charge < -0.3 is 5.32 Å². The maximum atomic E-state index is 5.98. The van der Waals surface area contributed by atoms with Gasteiger partial charge in [0.25, 0.3) is 0 Å². The molecular formula is C11H15BrClNS. The Morgan fingerprint density at radius 1 is 1.67 bits per heavy atom. The normalized spacial score (nSPS) is 18.1. The molecule has 1 atom stereocenters. The van der Waals surface area contributed by atoms with Crippen molar-refractivity contribution < 1.29 is 0 Å². The molecule has 0 aliphatic heterocycles. The van der Waals surface area contributed by atoms with Crippen LogP contribution in [0.25, 0.3) is 0 Å². The lowest BCUT2D eigenvalue weighted by Crippen LogP contribution is -2.21. The zero-order chi connectivity index (χ0) is 10.8. The van der Waals surface area contributed by atoms with Crippen LogP contribution in [0, 0.1) is 11.8 Å². The topological polar surface area (TPSA) is 12.0 Å². The van der Waals surface area contributed by atoms with E-state index in [9.17, 15) is 0 Å². The molecule has 0 radical (unpaired) electrons. The first-order valence-electron chi connectivity index (χ1n) is 5.31. The summed E-state index contributed by atoms with van der Waals surface area (Å²) in [7, 11) is 0. The first-order valence-corrected chi connectivity index (χ1v) is 7.30. The monoisotopic (exact) mass is 307 g/mol. The number of rotatable bonds is 5. The number of hydrogen-bond donors (Lipinski definition) is 1. The maximum absolute atomic E-state index is 5.98. The predicted octanol–water partition coefficient (Wildman–Crippen LogP) is 4.30. The number of nitrogens with one attached hydrogen (secondary N) is 1. The average Bonchev–Trinajstić information content (AvgIpc) is 2.96. The molecule has 1 heterocycles. The summed E-state index contributed by atoms with van der Waals surface area (Å²) in [6, 6.07) is 2.10. The Kier molecular flexibility index (Phi) is 4.10. The van der Waals surface area contributed by atoms with Crippen molar-refractivity contribution in [3.63, 3.8) is 0 Å². The van der Waals surface area contributed by atoms with Crippen LogP contribution in [-0.2, 0) is 6.54 Å². The van der Waals surface area contributed by atoms with Crippen LogP contribution in [0.1, 0.15) is 24.6 Å². The summed E-state index contributed by atoms with van der Waals surface area (Å²) in [4.78, 5) is 1.30. The Balaban J connectivity index is 1.73. The second-order valence-electron chi connectivity index (χ2n) is 4.28. The Morgan fingerprint density at radius 3 is 2.93 bits per heavy atom. The number of halogens is 2. The summed E-state index contributed by atoms with van der Waals surface area (Å²) in [6.45, 7) is 4.40. The Labute approximate surface area is 108 Å². The fourth-order valence-electron chi connectivity index (χ4n) is 1.73. The number of hydrogen-bond acceptors (Lipinski definition) is 2. The molecule has 15 heavy (non-hydrogen) atoms. The van der Waals surface area contributed by atoms with E-state index in [0.29, 0.717) is 0 Å². The van der Waals surface area contributed by atoms with Crippen molar-refractivity contribution in [3.05, 3.63) is 19.8 Å². The van der Waals surface area contributed by atoms with Crippen molar-refractivity contribution in [3.8, 4) is 0 Å². The van der Waals surface area contributed by atoms with E-state index in [0.717, 1.165) is 33.7 Å². The molecule has 1 N–H and O–H groups in total. The van der Waals surface area contributed by atoms with E-state index in [1.54, 1.807) is 11.3 Å². The van der Waals surface area contributed by atoms with E-state index >= 15 is 0 Å².